The first-order valence-electron chi connectivity index (χ1n) is 13.3. The third-order valence-electron chi connectivity index (χ3n) is 7.14. The van der Waals surface area contributed by atoms with E-state index in [-0.39, 0.29) is 34.6 Å². The summed E-state index contributed by atoms with van der Waals surface area (Å²) in [5.74, 6) is -2.22. The Kier molecular flexibility index (Phi) is 9.52. The summed E-state index contributed by atoms with van der Waals surface area (Å²) in [6.45, 7) is 0.668. The highest BCUT2D eigenvalue weighted by Crippen LogP contribution is 2.25. The molecule has 0 radical (unpaired) electrons. The number of nitrogens with one attached hydrogen (secondary N) is 1. The van der Waals surface area contributed by atoms with Gasteiger partial charge in [-0.25, -0.2) is 17.2 Å². The summed E-state index contributed by atoms with van der Waals surface area (Å²) in [5, 5.41) is 3.01. The van der Waals surface area contributed by atoms with Crippen LogP contribution < -0.4 is 9.62 Å². The van der Waals surface area contributed by atoms with Gasteiger partial charge in [-0.2, -0.15) is 0 Å². The average molecular weight is 570 g/mol. The molecule has 212 valence electrons. The van der Waals surface area contributed by atoms with Crippen LogP contribution in [0.2, 0.25) is 0 Å². The van der Waals surface area contributed by atoms with Gasteiger partial charge in [0.05, 0.1) is 10.6 Å². The molecule has 4 rings (SSSR count). The molecule has 2 amide bonds. The van der Waals surface area contributed by atoms with E-state index in [1.54, 1.807) is 31.2 Å². The van der Waals surface area contributed by atoms with Crippen molar-refractivity contribution in [1.82, 2.24) is 10.2 Å². The second-order valence-electron chi connectivity index (χ2n) is 9.93. The Morgan fingerprint density at radius 3 is 2.17 bits per heavy atom. The van der Waals surface area contributed by atoms with Crippen molar-refractivity contribution in [2.24, 2.45) is 0 Å². The molecule has 0 bridgehead atoms. The van der Waals surface area contributed by atoms with Crippen molar-refractivity contribution >= 4 is 27.5 Å². The van der Waals surface area contributed by atoms with Gasteiger partial charge in [0, 0.05) is 18.2 Å². The lowest BCUT2D eigenvalue weighted by Gasteiger charge is -2.33. The first-order valence-corrected chi connectivity index (χ1v) is 14.8. The predicted molar refractivity (Wildman–Crippen MR) is 149 cm³/mol. The first-order chi connectivity index (χ1) is 19.2. The maximum Gasteiger partial charge on any atom is 0.264 e. The average Bonchev–Trinajstić information content (AvgIpc) is 2.96. The Labute approximate surface area is 233 Å². The predicted octanol–water partition coefficient (Wildman–Crippen LogP) is 5.03. The molecular weight excluding hydrogens is 536 g/mol. The van der Waals surface area contributed by atoms with Gasteiger partial charge >= 0.3 is 0 Å². The molecule has 3 aromatic rings. The summed E-state index contributed by atoms with van der Waals surface area (Å²) in [5.41, 5.74) is 0.408. The van der Waals surface area contributed by atoms with Gasteiger partial charge in [-0.3, -0.25) is 13.9 Å². The smallest absolute Gasteiger partial charge is 0.264 e. The second-order valence-corrected chi connectivity index (χ2v) is 11.8. The maximum atomic E-state index is 14.6. The molecule has 1 aliphatic carbocycles. The van der Waals surface area contributed by atoms with E-state index in [0.29, 0.717) is 0 Å². The summed E-state index contributed by atoms with van der Waals surface area (Å²) in [4.78, 5) is 28.1. The molecule has 1 aliphatic rings. The molecule has 0 aliphatic heterocycles. The van der Waals surface area contributed by atoms with Gasteiger partial charge in [-0.05, 0) is 62.2 Å². The van der Waals surface area contributed by atoms with E-state index in [1.807, 2.05) is 0 Å². The maximum absolute atomic E-state index is 14.6. The SMILES string of the molecule is CC(C(=O)NC1CCCCC1)N(Cc1ccccc1F)C(=O)CN(c1ccccc1)S(=O)(=O)c1ccc(F)cc1. The molecule has 1 N–H and O–H groups in total. The van der Waals surface area contributed by atoms with Crippen LogP contribution in [0.1, 0.15) is 44.6 Å². The molecule has 1 fully saturated rings. The third kappa shape index (κ3) is 7.04. The van der Waals surface area contributed by atoms with Gasteiger partial charge < -0.3 is 10.2 Å². The molecule has 0 spiro atoms. The summed E-state index contributed by atoms with van der Waals surface area (Å²) >= 11 is 0. The van der Waals surface area contributed by atoms with Crippen LogP contribution >= 0.6 is 0 Å². The minimum absolute atomic E-state index is 0.00576. The Morgan fingerprint density at radius 1 is 0.900 bits per heavy atom. The highest BCUT2D eigenvalue weighted by molar-refractivity contribution is 7.92. The van der Waals surface area contributed by atoms with E-state index < -0.39 is 40.2 Å². The minimum atomic E-state index is -4.30. The minimum Gasteiger partial charge on any atom is -0.352 e. The van der Waals surface area contributed by atoms with Gasteiger partial charge in [-0.1, -0.05) is 55.7 Å². The fourth-order valence-corrected chi connectivity index (χ4v) is 6.23. The zero-order chi connectivity index (χ0) is 28.7. The summed E-state index contributed by atoms with van der Waals surface area (Å²) in [6, 6.07) is 17.3. The van der Waals surface area contributed by atoms with Crippen LogP contribution in [-0.2, 0) is 26.2 Å². The standard InChI is InChI=1S/C30H33F2N3O4S/c1-22(30(37)33-25-11-4-2-5-12-25)34(20-23-10-8-9-15-28(23)32)29(36)21-35(26-13-6-3-7-14-26)40(38,39)27-18-16-24(31)17-19-27/h3,6-10,13-19,22,25H,2,4-5,11-12,20-21H2,1H3,(H,33,37). The van der Waals surface area contributed by atoms with E-state index in [9.17, 15) is 26.8 Å². The number of para-hydroxylation sites is 1. The zero-order valence-electron chi connectivity index (χ0n) is 22.3. The van der Waals surface area contributed by atoms with Gasteiger partial charge in [0.1, 0.15) is 24.2 Å². The molecule has 40 heavy (non-hydrogen) atoms. The van der Waals surface area contributed by atoms with Crippen LogP contribution in [0, 0.1) is 11.6 Å². The number of halogens is 2. The lowest BCUT2D eigenvalue weighted by Crippen LogP contribution is -2.53. The van der Waals surface area contributed by atoms with Crippen LogP contribution in [0.4, 0.5) is 14.5 Å². The number of anilines is 1. The topological polar surface area (TPSA) is 86.8 Å². The van der Waals surface area contributed by atoms with Crippen LogP contribution in [0.15, 0.2) is 83.8 Å². The lowest BCUT2D eigenvalue weighted by molar-refractivity contribution is -0.139. The molecule has 10 heteroatoms. The molecule has 7 nitrogen and oxygen atoms in total. The molecule has 0 aromatic heterocycles. The summed E-state index contributed by atoms with van der Waals surface area (Å²) in [6.07, 6.45) is 4.81. The molecule has 1 saturated carbocycles. The van der Waals surface area contributed by atoms with Crippen molar-refractivity contribution in [3.05, 3.63) is 96.1 Å². The van der Waals surface area contributed by atoms with Gasteiger partial charge in [0.2, 0.25) is 11.8 Å². The fourth-order valence-electron chi connectivity index (χ4n) is 4.82. The number of hydrogen-bond acceptors (Lipinski definition) is 4. The van der Waals surface area contributed by atoms with E-state index in [0.717, 1.165) is 60.7 Å². The number of sulfonamides is 1. The quantitative estimate of drug-likeness (QED) is 0.371. The summed E-state index contributed by atoms with van der Waals surface area (Å²) in [7, 11) is -4.30. The zero-order valence-corrected chi connectivity index (χ0v) is 23.1. The van der Waals surface area contributed by atoms with E-state index in [4.69, 9.17) is 0 Å². The molecule has 1 atom stereocenters. The number of benzene rings is 3. The lowest BCUT2D eigenvalue weighted by atomic mass is 9.95. The Morgan fingerprint density at radius 2 is 1.52 bits per heavy atom. The number of carbonyl (C=O) groups excluding carboxylic acids is 2. The number of nitrogens with zero attached hydrogens (tertiary/aromatic N) is 2. The van der Waals surface area contributed by atoms with E-state index >= 15 is 0 Å². The number of amides is 2. The number of hydrogen-bond donors (Lipinski definition) is 1. The van der Waals surface area contributed by atoms with E-state index in [1.165, 1.54) is 35.2 Å². The van der Waals surface area contributed by atoms with Crippen molar-refractivity contribution in [2.75, 3.05) is 10.8 Å². The van der Waals surface area contributed by atoms with Crippen molar-refractivity contribution in [3.8, 4) is 0 Å². The molecule has 0 saturated heterocycles. The van der Waals surface area contributed by atoms with Crippen molar-refractivity contribution in [2.45, 2.75) is 62.6 Å². The number of rotatable bonds is 10. The highest BCUT2D eigenvalue weighted by atomic mass is 32.2. The normalized spacial score (nSPS) is 14.8. The highest BCUT2D eigenvalue weighted by Gasteiger charge is 2.33. The van der Waals surface area contributed by atoms with Gasteiger partial charge in [0.25, 0.3) is 10.0 Å². The van der Waals surface area contributed by atoms with E-state index in [2.05, 4.69) is 5.32 Å². The number of carbonyl (C=O) groups is 2. The fraction of sp³-hybridized carbons (Fsp3) is 0.333. The Hall–Kier alpha value is -3.79. The summed E-state index contributed by atoms with van der Waals surface area (Å²) < 4.78 is 56.5. The van der Waals surface area contributed by atoms with Crippen LogP contribution in [0.5, 0.6) is 0 Å². The Balaban J connectivity index is 1.66. The third-order valence-corrected chi connectivity index (χ3v) is 8.93. The van der Waals surface area contributed by atoms with Crippen LogP contribution in [0.25, 0.3) is 0 Å². The van der Waals surface area contributed by atoms with Gasteiger partial charge in [0.15, 0.2) is 0 Å². The molecule has 3 aromatic carbocycles. The first kappa shape index (κ1) is 29.2. The largest absolute Gasteiger partial charge is 0.352 e. The molecule has 1 unspecified atom stereocenters. The van der Waals surface area contributed by atoms with Crippen molar-refractivity contribution < 1.29 is 26.8 Å². The monoisotopic (exact) mass is 569 g/mol. The van der Waals surface area contributed by atoms with Gasteiger partial charge in [-0.15, -0.1) is 0 Å². The van der Waals surface area contributed by atoms with Crippen molar-refractivity contribution in [3.63, 3.8) is 0 Å². The van der Waals surface area contributed by atoms with Crippen LogP contribution in [0.3, 0.4) is 0 Å². The Bertz CT molecular complexity index is 1410. The molecule has 0 heterocycles. The van der Waals surface area contributed by atoms with Crippen LogP contribution in [-0.4, -0.2) is 43.8 Å². The second kappa shape index (κ2) is 13.0. The molecular formula is C30H33F2N3O4S. The van der Waals surface area contributed by atoms with Crippen molar-refractivity contribution in [1.29, 1.82) is 0 Å².